The van der Waals surface area contributed by atoms with Gasteiger partial charge in [0.05, 0.1) is 17.5 Å². The molecule has 0 bridgehead atoms. The second-order valence-corrected chi connectivity index (χ2v) is 5.10. The molecule has 4 nitrogen and oxygen atoms in total. The highest BCUT2D eigenvalue weighted by molar-refractivity contribution is 5.10. The quantitative estimate of drug-likeness (QED) is 0.663. The zero-order chi connectivity index (χ0) is 14.1. The fraction of sp³-hybridized carbons (Fsp3) is 0.800. The minimum atomic E-state index is 0.347. The van der Waals surface area contributed by atoms with Gasteiger partial charge in [-0.25, -0.2) is 0 Å². The molecule has 0 amide bonds. The van der Waals surface area contributed by atoms with E-state index in [0.717, 1.165) is 45.5 Å². The summed E-state index contributed by atoms with van der Waals surface area (Å²) >= 11 is 0. The third-order valence-electron chi connectivity index (χ3n) is 3.08. The summed E-state index contributed by atoms with van der Waals surface area (Å²) < 4.78 is 7.61. The zero-order valence-electron chi connectivity index (χ0n) is 12.9. The molecule has 1 rings (SSSR count). The topological polar surface area (TPSA) is 39.1 Å². The summed E-state index contributed by atoms with van der Waals surface area (Å²) in [6, 6.07) is 2.21. The minimum absolute atomic E-state index is 0.347. The summed E-state index contributed by atoms with van der Waals surface area (Å²) in [4.78, 5) is 0. The van der Waals surface area contributed by atoms with Crippen molar-refractivity contribution in [1.29, 1.82) is 0 Å². The maximum Gasteiger partial charge on any atom is 0.0625 e. The van der Waals surface area contributed by atoms with Gasteiger partial charge in [0.2, 0.25) is 0 Å². The molecule has 0 aliphatic heterocycles. The molecule has 0 atom stereocenters. The van der Waals surface area contributed by atoms with Gasteiger partial charge in [0, 0.05) is 19.7 Å². The van der Waals surface area contributed by atoms with E-state index in [2.05, 4.69) is 48.9 Å². The first-order valence-electron chi connectivity index (χ1n) is 7.55. The van der Waals surface area contributed by atoms with E-state index in [1.807, 2.05) is 0 Å². The molecule has 4 heteroatoms. The van der Waals surface area contributed by atoms with Crippen LogP contribution in [0.4, 0.5) is 0 Å². The van der Waals surface area contributed by atoms with Crippen molar-refractivity contribution >= 4 is 0 Å². The maximum atomic E-state index is 5.52. The first-order chi connectivity index (χ1) is 9.17. The van der Waals surface area contributed by atoms with Crippen molar-refractivity contribution in [1.82, 2.24) is 15.1 Å². The lowest BCUT2D eigenvalue weighted by molar-refractivity contribution is 0.0760. The molecule has 0 saturated carbocycles. The lowest BCUT2D eigenvalue weighted by Gasteiger charge is -2.08. The molecule has 0 saturated heterocycles. The second kappa shape index (κ2) is 9.10. The number of hydrogen-bond donors (Lipinski definition) is 1. The van der Waals surface area contributed by atoms with Crippen molar-refractivity contribution in [2.24, 2.45) is 0 Å². The number of aromatic nitrogens is 2. The largest absolute Gasteiger partial charge is 0.379 e. The molecule has 19 heavy (non-hydrogen) atoms. The van der Waals surface area contributed by atoms with Crippen LogP contribution in [0, 0.1) is 0 Å². The van der Waals surface area contributed by atoms with E-state index in [-0.39, 0.29) is 0 Å². The highest BCUT2D eigenvalue weighted by Gasteiger charge is 2.04. The summed E-state index contributed by atoms with van der Waals surface area (Å²) in [6.07, 6.45) is 3.64. The smallest absolute Gasteiger partial charge is 0.0625 e. The third-order valence-corrected chi connectivity index (χ3v) is 3.08. The molecule has 0 spiro atoms. The molecule has 1 heterocycles. The molecule has 0 aromatic carbocycles. The minimum Gasteiger partial charge on any atom is -0.379 e. The first-order valence-corrected chi connectivity index (χ1v) is 7.55. The fourth-order valence-corrected chi connectivity index (χ4v) is 1.99. The number of hydrogen-bond acceptors (Lipinski definition) is 3. The van der Waals surface area contributed by atoms with Gasteiger partial charge in [0.25, 0.3) is 0 Å². The van der Waals surface area contributed by atoms with E-state index in [4.69, 9.17) is 4.74 Å². The van der Waals surface area contributed by atoms with Gasteiger partial charge in [-0.05, 0) is 52.6 Å². The molecular formula is C15H29N3O. The van der Waals surface area contributed by atoms with Gasteiger partial charge in [-0.3, -0.25) is 4.68 Å². The van der Waals surface area contributed by atoms with E-state index in [1.54, 1.807) is 0 Å². The average molecular weight is 267 g/mol. The monoisotopic (exact) mass is 267 g/mol. The van der Waals surface area contributed by atoms with Crippen LogP contribution in [0.25, 0.3) is 0 Å². The van der Waals surface area contributed by atoms with E-state index in [1.165, 1.54) is 11.4 Å². The Kier molecular flexibility index (Phi) is 7.75. The van der Waals surface area contributed by atoms with Crippen LogP contribution in [0.5, 0.6) is 0 Å². The molecule has 0 unspecified atom stereocenters. The highest BCUT2D eigenvalue weighted by atomic mass is 16.5. The van der Waals surface area contributed by atoms with Crippen LogP contribution in [0.2, 0.25) is 0 Å². The third kappa shape index (κ3) is 6.21. The molecule has 110 valence electrons. The van der Waals surface area contributed by atoms with Gasteiger partial charge in [-0.2, -0.15) is 5.10 Å². The zero-order valence-corrected chi connectivity index (χ0v) is 12.9. The van der Waals surface area contributed by atoms with Crippen molar-refractivity contribution in [3.05, 3.63) is 17.5 Å². The van der Waals surface area contributed by atoms with Crippen molar-refractivity contribution in [2.75, 3.05) is 13.2 Å². The Labute approximate surface area is 117 Å². The maximum absolute atomic E-state index is 5.52. The SMILES string of the molecule is CCc1cc(CNCCCCOC(C)C)n(CC)n1. The molecule has 0 radical (unpaired) electrons. The first kappa shape index (κ1) is 16.2. The van der Waals surface area contributed by atoms with Gasteiger partial charge < -0.3 is 10.1 Å². The van der Waals surface area contributed by atoms with Gasteiger partial charge in [0.1, 0.15) is 0 Å². The molecular weight excluding hydrogens is 238 g/mol. The molecule has 1 N–H and O–H groups in total. The van der Waals surface area contributed by atoms with Crippen LogP contribution in [-0.4, -0.2) is 29.0 Å². The Balaban J connectivity index is 2.16. The lowest BCUT2D eigenvalue weighted by atomic mass is 10.3. The van der Waals surface area contributed by atoms with Crippen molar-refractivity contribution < 1.29 is 4.74 Å². The molecule has 1 aromatic rings. The van der Waals surface area contributed by atoms with Crippen LogP contribution in [-0.2, 0) is 24.2 Å². The Morgan fingerprint density at radius 2 is 2.11 bits per heavy atom. The predicted molar refractivity (Wildman–Crippen MR) is 79.3 cm³/mol. The van der Waals surface area contributed by atoms with Crippen LogP contribution in [0.1, 0.15) is 51.9 Å². The number of nitrogens with zero attached hydrogens (tertiary/aromatic N) is 2. The Morgan fingerprint density at radius 3 is 2.74 bits per heavy atom. The summed E-state index contributed by atoms with van der Waals surface area (Å²) in [5.74, 6) is 0. The van der Waals surface area contributed by atoms with Crippen molar-refractivity contribution in [3.63, 3.8) is 0 Å². The normalized spacial score (nSPS) is 11.4. The van der Waals surface area contributed by atoms with E-state index >= 15 is 0 Å². The van der Waals surface area contributed by atoms with Crippen LogP contribution >= 0.6 is 0 Å². The van der Waals surface area contributed by atoms with Gasteiger partial charge >= 0.3 is 0 Å². The van der Waals surface area contributed by atoms with E-state index < -0.39 is 0 Å². The van der Waals surface area contributed by atoms with Crippen molar-refractivity contribution in [3.8, 4) is 0 Å². The molecule has 0 fully saturated rings. The Hall–Kier alpha value is -0.870. The number of aryl methyl sites for hydroxylation is 2. The highest BCUT2D eigenvalue weighted by Crippen LogP contribution is 2.05. The van der Waals surface area contributed by atoms with Crippen LogP contribution in [0.3, 0.4) is 0 Å². The van der Waals surface area contributed by atoms with Gasteiger partial charge in [0.15, 0.2) is 0 Å². The van der Waals surface area contributed by atoms with Gasteiger partial charge in [-0.1, -0.05) is 6.92 Å². The Bertz CT molecular complexity index is 347. The molecule has 0 aliphatic rings. The average Bonchev–Trinajstić information content (AvgIpc) is 2.79. The second-order valence-electron chi connectivity index (χ2n) is 5.10. The van der Waals surface area contributed by atoms with E-state index in [0.29, 0.717) is 6.10 Å². The summed E-state index contributed by atoms with van der Waals surface area (Å²) in [6.45, 7) is 12.2. The number of ether oxygens (including phenoxy) is 1. The van der Waals surface area contributed by atoms with Gasteiger partial charge in [-0.15, -0.1) is 0 Å². The van der Waals surface area contributed by atoms with E-state index in [9.17, 15) is 0 Å². The fourth-order valence-electron chi connectivity index (χ4n) is 1.99. The summed E-state index contributed by atoms with van der Waals surface area (Å²) in [5, 5.41) is 8.04. The summed E-state index contributed by atoms with van der Waals surface area (Å²) in [5.41, 5.74) is 2.47. The number of nitrogens with one attached hydrogen (secondary N) is 1. The summed E-state index contributed by atoms with van der Waals surface area (Å²) in [7, 11) is 0. The van der Waals surface area contributed by atoms with Crippen molar-refractivity contribution in [2.45, 2.75) is 66.2 Å². The predicted octanol–water partition coefficient (Wildman–Crippen LogP) is 2.76. The number of unbranched alkanes of at least 4 members (excludes halogenated alkanes) is 1. The lowest BCUT2D eigenvalue weighted by Crippen LogP contribution is -2.18. The Morgan fingerprint density at radius 1 is 1.32 bits per heavy atom. The molecule has 0 aliphatic carbocycles. The number of rotatable bonds is 10. The standard InChI is InChI=1S/C15H29N3O/c1-5-14-11-15(18(6-2)17-14)12-16-9-7-8-10-19-13(3)4/h11,13,16H,5-10,12H2,1-4H3. The van der Waals surface area contributed by atoms with Crippen LogP contribution in [0.15, 0.2) is 6.07 Å². The molecule has 1 aromatic heterocycles. The van der Waals surface area contributed by atoms with Crippen LogP contribution < -0.4 is 5.32 Å².